The van der Waals surface area contributed by atoms with Gasteiger partial charge in [-0.15, -0.1) is 11.3 Å². The Bertz CT molecular complexity index is 658. The third-order valence-corrected chi connectivity index (χ3v) is 4.61. The van der Waals surface area contributed by atoms with E-state index in [1.165, 1.54) is 0 Å². The van der Waals surface area contributed by atoms with E-state index in [9.17, 15) is 0 Å². The van der Waals surface area contributed by atoms with Gasteiger partial charge < -0.3 is 15.0 Å². The molecular formula is C16H21N5OS. The lowest BCUT2D eigenvalue weighted by Gasteiger charge is -2.21. The third-order valence-electron chi connectivity index (χ3n) is 3.65. The van der Waals surface area contributed by atoms with Gasteiger partial charge in [-0.3, -0.25) is 4.99 Å². The van der Waals surface area contributed by atoms with Gasteiger partial charge in [0, 0.05) is 43.4 Å². The Morgan fingerprint density at radius 2 is 2.43 bits per heavy atom. The fourth-order valence-electron chi connectivity index (χ4n) is 2.58. The molecule has 0 bridgehead atoms. The van der Waals surface area contributed by atoms with Gasteiger partial charge in [0.1, 0.15) is 11.1 Å². The molecule has 0 aliphatic carbocycles. The second kappa shape index (κ2) is 7.41. The van der Waals surface area contributed by atoms with Gasteiger partial charge in [-0.2, -0.15) is 0 Å². The first-order valence-electron chi connectivity index (χ1n) is 7.69. The van der Waals surface area contributed by atoms with Crippen LogP contribution in [-0.2, 0) is 6.54 Å². The van der Waals surface area contributed by atoms with Gasteiger partial charge in [0.25, 0.3) is 0 Å². The van der Waals surface area contributed by atoms with E-state index in [0.29, 0.717) is 12.4 Å². The van der Waals surface area contributed by atoms with Gasteiger partial charge >= 0.3 is 0 Å². The van der Waals surface area contributed by atoms with Crippen LogP contribution in [0.25, 0.3) is 0 Å². The lowest BCUT2D eigenvalue weighted by Crippen LogP contribution is -2.40. The molecule has 1 unspecified atom stereocenters. The number of nitrogens with zero attached hydrogens (tertiary/aromatic N) is 4. The second-order valence-electron chi connectivity index (χ2n) is 5.43. The second-order valence-corrected chi connectivity index (χ2v) is 6.37. The number of rotatable bonds is 4. The molecule has 1 atom stereocenters. The first kappa shape index (κ1) is 15.7. The van der Waals surface area contributed by atoms with Gasteiger partial charge in [0.15, 0.2) is 5.96 Å². The number of aliphatic imine (C=N–C) groups is 1. The number of guanidine groups is 1. The van der Waals surface area contributed by atoms with E-state index in [1.807, 2.05) is 32.2 Å². The SMILES string of the molecule is CN=C(NCc1nc(C)cs1)N1CCC(Oc2ccccn2)C1. The van der Waals surface area contributed by atoms with Crippen molar-refractivity contribution < 1.29 is 4.74 Å². The average Bonchev–Trinajstić information content (AvgIpc) is 3.19. The van der Waals surface area contributed by atoms with Crippen molar-refractivity contribution in [2.75, 3.05) is 20.1 Å². The molecule has 6 nitrogen and oxygen atoms in total. The van der Waals surface area contributed by atoms with E-state index >= 15 is 0 Å². The number of aryl methyl sites for hydroxylation is 1. The molecule has 0 radical (unpaired) electrons. The molecule has 2 aromatic heterocycles. The van der Waals surface area contributed by atoms with Crippen molar-refractivity contribution in [3.63, 3.8) is 0 Å². The number of hydrogen-bond donors (Lipinski definition) is 1. The summed E-state index contributed by atoms with van der Waals surface area (Å²) in [6.45, 7) is 4.45. The molecule has 1 fully saturated rings. The summed E-state index contributed by atoms with van der Waals surface area (Å²) in [4.78, 5) is 15.3. The molecular weight excluding hydrogens is 310 g/mol. The monoisotopic (exact) mass is 331 g/mol. The molecule has 23 heavy (non-hydrogen) atoms. The Balaban J connectivity index is 1.52. The number of pyridine rings is 1. The molecule has 1 aliphatic rings. The zero-order chi connectivity index (χ0) is 16.1. The molecule has 2 aromatic rings. The maximum Gasteiger partial charge on any atom is 0.213 e. The van der Waals surface area contributed by atoms with Crippen molar-refractivity contribution in [3.05, 3.63) is 40.5 Å². The fourth-order valence-corrected chi connectivity index (χ4v) is 3.29. The van der Waals surface area contributed by atoms with Crippen LogP contribution in [-0.4, -0.2) is 47.1 Å². The normalized spacial score (nSPS) is 18.3. The Labute approximate surface area is 140 Å². The number of ether oxygens (including phenoxy) is 1. The predicted molar refractivity (Wildman–Crippen MR) is 91.9 cm³/mol. The number of thiazole rings is 1. The van der Waals surface area contributed by atoms with Crippen molar-refractivity contribution in [1.82, 2.24) is 20.2 Å². The van der Waals surface area contributed by atoms with Crippen LogP contribution in [0.3, 0.4) is 0 Å². The molecule has 3 rings (SSSR count). The Hall–Kier alpha value is -2.15. The average molecular weight is 331 g/mol. The van der Waals surface area contributed by atoms with Crippen LogP contribution in [0.5, 0.6) is 5.88 Å². The van der Waals surface area contributed by atoms with Gasteiger partial charge in [0.05, 0.1) is 13.1 Å². The fraction of sp³-hybridized carbons (Fsp3) is 0.438. The van der Waals surface area contributed by atoms with E-state index in [2.05, 4.69) is 30.6 Å². The summed E-state index contributed by atoms with van der Waals surface area (Å²) in [5, 5.41) is 6.51. The lowest BCUT2D eigenvalue weighted by atomic mass is 10.3. The van der Waals surface area contributed by atoms with Crippen LogP contribution < -0.4 is 10.1 Å². The molecule has 0 saturated carbocycles. The van der Waals surface area contributed by atoms with E-state index < -0.39 is 0 Å². The number of aromatic nitrogens is 2. The summed E-state index contributed by atoms with van der Waals surface area (Å²) in [6.07, 6.45) is 2.86. The summed E-state index contributed by atoms with van der Waals surface area (Å²) in [7, 11) is 1.81. The van der Waals surface area contributed by atoms with E-state index in [4.69, 9.17) is 4.74 Å². The van der Waals surface area contributed by atoms with Gasteiger partial charge in [-0.1, -0.05) is 6.07 Å². The van der Waals surface area contributed by atoms with Crippen molar-refractivity contribution in [1.29, 1.82) is 0 Å². The summed E-state index contributed by atoms with van der Waals surface area (Å²) in [5.41, 5.74) is 1.06. The molecule has 1 N–H and O–H groups in total. The topological polar surface area (TPSA) is 62.6 Å². The minimum atomic E-state index is 0.144. The quantitative estimate of drug-likeness (QED) is 0.686. The predicted octanol–water partition coefficient (Wildman–Crippen LogP) is 2.08. The molecule has 122 valence electrons. The number of likely N-dealkylation sites (tertiary alicyclic amines) is 1. The van der Waals surface area contributed by atoms with Crippen LogP contribution in [0.15, 0.2) is 34.8 Å². The van der Waals surface area contributed by atoms with Crippen molar-refractivity contribution >= 4 is 17.3 Å². The van der Waals surface area contributed by atoms with Crippen LogP contribution in [0, 0.1) is 6.92 Å². The molecule has 1 saturated heterocycles. The lowest BCUT2D eigenvalue weighted by molar-refractivity contribution is 0.205. The third kappa shape index (κ3) is 4.19. The summed E-state index contributed by atoms with van der Waals surface area (Å²) in [6, 6.07) is 5.71. The van der Waals surface area contributed by atoms with Gasteiger partial charge in [0.2, 0.25) is 5.88 Å². The zero-order valence-electron chi connectivity index (χ0n) is 13.4. The first-order valence-corrected chi connectivity index (χ1v) is 8.57. The van der Waals surface area contributed by atoms with Gasteiger partial charge in [-0.05, 0) is 13.0 Å². The number of hydrogen-bond acceptors (Lipinski definition) is 5. The van der Waals surface area contributed by atoms with Crippen LogP contribution in [0.1, 0.15) is 17.1 Å². The molecule has 1 aliphatic heterocycles. The summed E-state index contributed by atoms with van der Waals surface area (Å²) in [5.74, 6) is 1.57. The molecule has 3 heterocycles. The highest BCUT2D eigenvalue weighted by atomic mass is 32.1. The van der Waals surface area contributed by atoms with Gasteiger partial charge in [-0.25, -0.2) is 9.97 Å². The highest BCUT2D eigenvalue weighted by Gasteiger charge is 2.26. The van der Waals surface area contributed by atoms with E-state index in [0.717, 1.165) is 36.2 Å². The largest absolute Gasteiger partial charge is 0.472 e. The maximum absolute atomic E-state index is 5.92. The van der Waals surface area contributed by atoms with Crippen LogP contribution >= 0.6 is 11.3 Å². The molecule has 0 spiro atoms. The Morgan fingerprint density at radius 3 is 3.13 bits per heavy atom. The van der Waals surface area contributed by atoms with Crippen LogP contribution in [0.2, 0.25) is 0 Å². The minimum Gasteiger partial charge on any atom is -0.472 e. The van der Waals surface area contributed by atoms with E-state index in [1.54, 1.807) is 17.5 Å². The summed E-state index contributed by atoms with van der Waals surface area (Å²) >= 11 is 1.67. The maximum atomic E-state index is 5.92. The molecule has 7 heteroatoms. The van der Waals surface area contributed by atoms with Crippen molar-refractivity contribution in [2.45, 2.75) is 26.0 Å². The molecule has 0 aromatic carbocycles. The number of nitrogens with one attached hydrogen (secondary N) is 1. The first-order chi connectivity index (χ1) is 11.2. The standard InChI is InChI=1S/C16H21N5OS/c1-12-11-23-15(20-12)9-19-16(17-2)21-8-6-13(10-21)22-14-5-3-4-7-18-14/h3-5,7,11,13H,6,8-10H2,1-2H3,(H,17,19). The summed E-state index contributed by atoms with van der Waals surface area (Å²) < 4.78 is 5.92. The highest BCUT2D eigenvalue weighted by molar-refractivity contribution is 7.09. The highest BCUT2D eigenvalue weighted by Crippen LogP contribution is 2.16. The van der Waals surface area contributed by atoms with E-state index in [-0.39, 0.29) is 6.10 Å². The van der Waals surface area contributed by atoms with Crippen molar-refractivity contribution in [3.8, 4) is 5.88 Å². The minimum absolute atomic E-state index is 0.144. The Kier molecular flexibility index (Phi) is 5.07. The van der Waals surface area contributed by atoms with Crippen molar-refractivity contribution in [2.24, 2.45) is 4.99 Å². The zero-order valence-corrected chi connectivity index (χ0v) is 14.2. The van der Waals surface area contributed by atoms with Crippen LogP contribution in [0.4, 0.5) is 0 Å². The Morgan fingerprint density at radius 1 is 1.52 bits per heavy atom. The molecule has 0 amide bonds. The smallest absolute Gasteiger partial charge is 0.213 e.